The Balaban J connectivity index is 2.23. The number of halogens is 3. The van der Waals surface area contributed by atoms with Gasteiger partial charge in [-0.15, -0.1) is 0 Å². The predicted molar refractivity (Wildman–Crippen MR) is 42.1 cm³/mol. The van der Waals surface area contributed by atoms with E-state index in [0.29, 0.717) is 0 Å². The van der Waals surface area contributed by atoms with Crippen molar-refractivity contribution in [1.29, 1.82) is 0 Å². The zero-order chi connectivity index (χ0) is 10.6. The third-order valence-electron chi connectivity index (χ3n) is 1.26. The number of alkyl halides is 3. The van der Waals surface area contributed by atoms with E-state index in [1.54, 1.807) is 0 Å². The molecule has 0 radical (unpaired) electrons. The molecule has 0 aromatic carbocycles. The number of nitrogens with one attached hydrogen (secondary N) is 1. The van der Waals surface area contributed by atoms with Gasteiger partial charge in [0.05, 0.1) is 13.2 Å². The lowest BCUT2D eigenvalue weighted by atomic mass is 10.6. The SMILES string of the molecule is FC(F)(F)COCCn1[nH]nnc1=S. The number of tetrazole rings is 1. The number of nitrogens with zero attached hydrogens (tertiary/aromatic N) is 3. The molecule has 14 heavy (non-hydrogen) atoms. The average molecular weight is 228 g/mol. The third-order valence-corrected chi connectivity index (χ3v) is 1.56. The van der Waals surface area contributed by atoms with Crippen LogP contribution in [0.4, 0.5) is 13.2 Å². The molecule has 9 heteroatoms. The Labute approximate surface area is 81.8 Å². The Kier molecular flexibility index (Phi) is 3.58. The summed E-state index contributed by atoms with van der Waals surface area (Å²) in [5, 5.41) is 9.19. The molecule has 1 aromatic heterocycles. The fraction of sp³-hybridized carbons (Fsp3) is 0.800. The third kappa shape index (κ3) is 3.83. The molecule has 5 nitrogen and oxygen atoms in total. The summed E-state index contributed by atoms with van der Waals surface area (Å²) in [5.74, 6) is 0. The van der Waals surface area contributed by atoms with Crippen LogP contribution in [0.25, 0.3) is 0 Å². The first-order valence-corrected chi connectivity index (χ1v) is 4.02. The van der Waals surface area contributed by atoms with Gasteiger partial charge in [-0.2, -0.15) is 18.4 Å². The van der Waals surface area contributed by atoms with Crippen LogP contribution < -0.4 is 0 Å². The molecule has 0 aliphatic carbocycles. The molecule has 1 heterocycles. The summed E-state index contributed by atoms with van der Waals surface area (Å²) in [6, 6.07) is 0. The summed E-state index contributed by atoms with van der Waals surface area (Å²) >= 11 is 4.69. The maximum atomic E-state index is 11.6. The molecule has 0 spiro atoms. The fourth-order valence-corrected chi connectivity index (χ4v) is 0.878. The van der Waals surface area contributed by atoms with E-state index in [4.69, 9.17) is 0 Å². The molecule has 0 atom stereocenters. The van der Waals surface area contributed by atoms with Crippen LogP contribution in [-0.4, -0.2) is 39.6 Å². The molecule has 1 aromatic rings. The number of aromatic amines is 1. The van der Waals surface area contributed by atoms with Gasteiger partial charge in [-0.1, -0.05) is 10.3 Å². The first-order chi connectivity index (χ1) is 6.49. The van der Waals surface area contributed by atoms with Gasteiger partial charge in [0.15, 0.2) is 0 Å². The van der Waals surface area contributed by atoms with Gasteiger partial charge in [0.25, 0.3) is 0 Å². The van der Waals surface area contributed by atoms with Crippen LogP contribution in [0.5, 0.6) is 0 Å². The highest BCUT2D eigenvalue weighted by atomic mass is 32.1. The highest BCUT2D eigenvalue weighted by Crippen LogP contribution is 2.14. The molecule has 0 unspecified atom stereocenters. The quantitative estimate of drug-likeness (QED) is 0.615. The van der Waals surface area contributed by atoms with Gasteiger partial charge in [-0.3, -0.25) is 0 Å². The van der Waals surface area contributed by atoms with Crippen LogP contribution in [0.1, 0.15) is 0 Å². The second-order valence-corrected chi connectivity index (χ2v) is 2.77. The van der Waals surface area contributed by atoms with Crippen molar-refractivity contribution in [3.05, 3.63) is 4.77 Å². The molecule has 0 saturated carbocycles. The van der Waals surface area contributed by atoms with Crippen molar-refractivity contribution in [3.8, 4) is 0 Å². The van der Waals surface area contributed by atoms with Crippen molar-refractivity contribution < 1.29 is 17.9 Å². The van der Waals surface area contributed by atoms with Crippen molar-refractivity contribution in [3.63, 3.8) is 0 Å². The molecule has 0 amide bonds. The van der Waals surface area contributed by atoms with E-state index in [1.165, 1.54) is 4.68 Å². The van der Waals surface area contributed by atoms with Crippen LogP contribution in [0.15, 0.2) is 0 Å². The highest BCUT2D eigenvalue weighted by Gasteiger charge is 2.27. The lowest BCUT2D eigenvalue weighted by molar-refractivity contribution is -0.174. The van der Waals surface area contributed by atoms with Crippen LogP contribution >= 0.6 is 12.2 Å². The summed E-state index contributed by atoms with van der Waals surface area (Å²) in [5.41, 5.74) is 0. The molecular formula is C5H7F3N4OS. The Hall–Kier alpha value is -0.960. The highest BCUT2D eigenvalue weighted by molar-refractivity contribution is 7.71. The van der Waals surface area contributed by atoms with E-state index in [2.05, 4.69) is 32.5 Å². The summed E-state index contributed by atoms with van der Waals surface area (Å²) in [6.07, 6.45) is -4.30. The Morgan fingerprint density at radius 3 is 2.71 bits per heavy atom. The van der Waals surface area contributed by atoms with E-state index in [9.17, 15) is 13.2 Å². The van der Waals surface area contributed by atoms with Gasteiger partial charge in [0, 0.05) is 0 Å². The second kappa shape index (κ2) is 4.51. The van der Waals surface area contributed by atoms with Gasteiger partial charge < -0.3 is 4.74 Å². The number of rotatable bonds is 4. The summed E-state index contributed by atoms with van der Waals surface area (Å²) < 4.78 is 40.7. The van der Waals surface area contributed by atoms with Crippen LogP contribution in [0, 0.1) is 4.77 Å². The normalized spacial score (nSPS) is 11.9. The van der Waals surface area contributed by atoms with E-state index < -0.39 is 12.8 Å². The van der Waals surface area contributed by atoms with Crippen molar-refractivity contribution in [2.75, 3.05) is 13.2 Å². The Morgan fingerprint density at radius 1 is 1.50 bits per heavy atom. The summed E-state index contributed by atoms with van der Waals surface area (Å²) in [6.45, 7) is -1.19. The molecule has 0 aliphatic rings. The Bertz CT molecular complexity index is 332. The Morgan fingerprint density at radius 2 is 2.21 bits per heavy atom. The first kappa shape index (κ1) is 11.1. The number of hydrogen-bond acceptors (Lipinski definition) is 4. The van der Waals surface area contributed by atoms with Gasteiger partial charge in [0.2, 0.25) is 4.77 Å². The molecule has 0 bridgehead atoms. The van der Waals surface area contributed by atoms with Crippen LogP contribution in [-0.2, 0) is 11.3 Å². The predicted octanol–water partition coefficient (Wildman–Crippen LogP) is 0.915. The first-order valence-electron chi connectivity index (χ1n) is 3.61. The number of H-pyrrole nitrogens is 1. The number of aromatic nitrogens is 4. The van der Waals surface area contributed by atoms with Crippen molar-refractivity contribution in [1.82, 2.24) is 20.2 Å². The largest absolute Gasteiger partial charge is 0.411 e. The molecule has 0 aliphatic heterocycles. The lowest BCUT2D eigenvalue weighted by Crippen LogP contribution is -2.19. The molecule has 0 saturated heterocycles. The molecule has 1 rings (SSSR count). The maximum Gasteiger partial charge on any atom is 0.411 e. The summed E-state index contributed by atoms with van der Waals surface area (Å²) in [7, 11) is 0. The van der Waals surface area contributed by atoms with E-state index in [0.717, 1.165) is 0 Å². The van der Waals surface area contributed by atoms with E-state index in [1.807, 2.05) is 0 Å². The summed E-state index contributed by atoms with van der Waals surface area (Å²) in [4.78, 5) is 0. The minimum absolute atomic E-state index is 0.0995. The van der Waals surface area contributed by atoms with Crippen molar-refractivity contribution in [2.45, 2.75) is 12.7 Å². The van der Waals surface area contributed by atoms with Gasteiger partial charge in [0.1, 0.15) is 6.61 Å². The molecule has 1 N–H and O–H groups in total. The minimum atomic E-state index is -4.30. The van der Waals surface area contributed by atoms with E-state index in [-0.39, 0.29) is 17.9 Å². The number of ether oxygens (including phenoxy) is 1. The smallest absolute Gasteiger partial charge is 0.370 e. The van der Waals surface area contributed by atoms with Gasteiger partial charge >= 0.3 is 6.18 Å². The van der Waals surface area contributed by atoms with Crippen LogP contribution in [0.3, 0.4) is 0 Å². The monoisotopic (exact) mass is 228 g/mol. The molecule has 0 fully saturated rings. The fourth-order valence-electron chi connectivity index (χ4n) is 0.705. The van der Waals surface area contributed by atoms with Gasteiger partial charge in [-0.25, -0.2) is 4.68 Å². The number of hydrogen-bond donors (Lipinski definition) is 1. The van der Waals surface area contributed by atoms with Crippen molar-refractivity contribution >= 4 is 12.2 Å². The topological polar surface area (TPSA) is 55.7 Å². The standard InChI is InChI=1S/C5H7F3N4OS/c6-5(7,8)3-13-2-1-12-4(14)9-10-11-12/h1-3H2,(H,9,11,14). The average Bonchev–Trinajstić information content (AvgIpc) is 2.44. The zero-order valence-electron chi connectivity index (χ0n) is 6.91. The van der Waals surface area contributed by atoms with Crippen LogP contribution in [0.2, 0.25) is 0 Å². The van der Waals surface area contributed by atoms with Crippen molar-refractivity contribution in [2.24, 2.45) is 0 Å². The maximum absolute atomic E-state index is 11.6. The minimum Gasteiger partial charge on any atom is -0.370 e. The zero-order valence-corrected chi connectivity index (χ0v) is 7.73. The molecular weight excluding hydrogens is 221 g/mol. The second-order valence-electron chi connectivity index (χ2n) is 2.40. The molecule has 80 valence electrons. The van der Waals surface area contributed by atoms with Gasteiger partial charge in [-0.05, 0) is 12.2 Å². The lowest BCUT2D eigenvalue weighted by Gasteiger charge is -2.06. The van der Waals surface area contributed by atoms with E-state index >= 15 is 0 Å².